The van der Waals surface area contributed by atoms with Gasteiger partial charge >= 0.3 is 0 Å². The third-order valence-electron chi connectivity index (χ3n) is 5.16. The summed E-state index contributed by atoms with van der Waals surface area (Å²) < 4.78 is 0. The molecule has 2 heterocycles. The number of nitrogens with zero attached hydrogens (tertiary/aromatic N) is 2. The fourth-order valence-electron chi connectivity index (χ4n) is 3.60. The standard InChI is InChI=1S/C20H26N2OS/c1-15(2)21(3)18-9-11-22(20(23)17-10-12-24-14-17)19(18)13-16-7-5-4-6-8-16/h4-8,10,12,14-15,18-19H,9,11,13H2,1-3H3/t18-,19+/m1/s1. The first-order valence-corrected chi connectivity index (χ1v) is 9.61. The van der Waals surface area contributed by atoms with Gasteiger partial charge in [0.15, 0.2) is 0 Å². The molecule has 0 radical (unpaired) electrons. The highest BCUT2D eigenvalue weighted by Gasteiger charge is 2.39. The average Bonchev–Trinajstić information content (AvgIpc) is 3.24. The van der Waals surface area contributed by atoms with Crippen LogP contribution in [0.5, 0.6) is 0 Å². The minimum Gasteiger partial charge on any atom is -0.334 e. The van der Waals surface area contributed by atoms with Crippen molar-refractivity contribution < 1.29 is 4.79 Å². The van der Waals surface area contributed by atoms with Crippen LogP contribution >= 0.6 is 11.3 Å². The van der Waals surface area contributed by atoms with Gasteiger partial charge in [-0.05, 0) is 50.7 Å². The summed E-state index contributed by atoms with van der Waals surface area (Å²) >= 11 is 1.59. The molecule has 4 heteroatoms. The van der Waals surface area contributed by atoms with E-state index in [0.29, 0.717) is 12.1 Å². The maximum Gasteiger partial charge on any atom is 0.255 e. The highest BCUT2D eigenvalue weighted by Crippen LogP contribution is 2.28. The smallest absolute Gasteiger partial charge is 0.255 e. The van der Waals surface area contributed by atoms with Gasteiger partial charge in [-0.25, -0.2) is 0 Å². The zero-order chi connectivity index (χ0) is 17.1. The summed E-state index contributed by atoms with van der Waals surface area (Å²) in [6.45, 7) is 5.29. The molecule has 0 bridgehead atoms. The zero-order valence-electron chi connectivity index (χ0n) is 14.7. The SMILES string of the molecule is CC(C)N(C)[C@@H]1CCN(C(=O)c2ccsc2)[C@H]1Cc1ccccc1. The Morgan fingerprint density at radius 1 is 1.29 bits per heavy atom. The first kappa shape index (κ1) is 17.2. The molecule has 128 valence electrons. The predicted octanol–water partition coefficient (Wildman–Crippen LogP) is 3.91. The summed E-state index contributed by atoms with van der Waals surface area (Å²) in [5.41, 5.74) is 2.13. The Bertz CT molecular complexity index is 654. The van der Waals surface area contributed by atoms with Crippen LogP contribution in [-0.4, -0.2) is 47.4 Å². The monoisotopic (exact) mass is 342 g/mol. The van der Waals surface area contributed by atoms with E-state index in [0.717, 1.165) is 24.9 Å². The summed E-state index contributed by atoms with van der Waals surface area (Å²) in [5.74, 6) is 0.178. The van der Waals surface area contributed by atoms with E-state index >= 15 is 0 Å². The van der Waals surface area contributed by atoms with Gasteiger partial charge in [-0.1, -0.05) is 30.3 Å². The lowest BCUT2D eigenvalue weighted by molar-refractivity contribution is 0.0680. The molecule has 0 spiro atoms. The van der Waals surface area contributed by atoms with Gasteiger partial charge in [-0.2, -0.15) is 11.3 Å². The van der Waals surface area contributed by atoms with E-state index in [-0.39, 0.29) is 11.9 Å². The van der Waals surface area contributed by atoms with Crippen LogP contribution in [0.15, 0.2) is 47.2 Å². The molecule has 1 saturated heterocycles. The Labute approximate surface area is 148 Å². The molecule has 3 nitrogen and oxygen atoms in total. The van der Waals surface area contributed by atoms with Gasteiger partial charge in [0.1, 0.15) is 0 Å². The minimum absolute atomic E-state index is 0.178. The number of likely N-dealkylation sites (N-methyl/N-ethyl adjacent to an activating group) is 1. The van der Waals surface area contributed by atoms with Gasteiger partial charge in [-0.3, -0.25) is 9.69 Å². The molecular formula is C20H26N2OS. The molecule has 1 aromatic carbocycles. The number of likely N-dealkylation sites (tertiary alicyclic amines) is 1. The normalized spacial score (nSPS) is 21.0. The van der Waals surface area contributed by atoms with Gasteiger partial charge in [0.2, 0.25) is 0 Å². The number of hydrogen-bond acceptors (Lipinski definition) is 3. The maximum absolute atomic E-state index is 13.0. The van der Waals surface area contributed by atoms with Crippen LogP contribution in [0.4, 0.5) is 0 Å². The highest BCUT2D eigenvalue weighted by molar-refractivity contribution is 7.08. The first-order chi connectivity index (χ1) is 11.6. The minimum atomic E-state index is 0.178. The van der Waals surface area contributed by atoms with Crippen molar-refractivity contribution in [1.82, 2.24) is 9.80 Å². The fraction of sp³-hybridized carbons (Fsp3) is 0.450. The Morgan fingerprint density at radius 3 is 2.67 bits per heavy atom. The molecule has 1 aliphatic rings. The Morgan fingerprint density at radius 2 is 2.04 bits per heavy atom. The lowest BCUT2D eigenvalue weighted by atomic mass is 9.98. The molecule has 1 amide bonds. The van der Waals surface area contributed by atoms with Crippen LogP contribution < -0.4 is 0 Å². The van der Waals surface area contributed by atoms with Crippen LogP contribution in [0.25, 0.3) is 0 Å². The summed E-state index contributed by atoms with van der Waals surface area (Å²) in [6, 6.07) is 13.6. The molecule has 2 aromatic rings. The average molecular weight is 343 g/mol. The van der Waals surface area contributed by atoms with Crippen LogP contribution in [0.1, 0.15) is 36.2 Å². The number of hydrogen-bond donors (Lipinski definition) is 0. The summed E-state index contributed by atoms with van der Waals surface area (Å²) in [5, 5.41) is 3.94. The summed E-state index contributed by atoms with van der Waals surface area (Å²) in [7, 11) is 2.19. The fourth-order valence-corrected chi connectivity index (χ4v) is 4.23. The maximum atomic E-state index is 13.0. The lowest BCUT2D eigenvalue weighted by Crippen LogP contribution is -2.48. The first-order valence-electron chi connectivity index (χ1n) is 8.67. The van der Waals surface area contributed by atoms with Crippen molar-refractivity contribution in [3.05, 3.63) is 58.3 Å². The van der Waals surface area contributed by atoms with E-state index in [4.69, 9.17) is 0 Å². The number of amides is 1. The largest absolute Gasteiger partial charge is 0.334 e. The third-order valence-corrected chi connectivity index (χ3v) is 5.85. The van der Waals surface area contributed by atoms with E-state index < -0.39 is 0 Å². The number of thiophene rings is 1. The molecule has 1 fully saturated rings. The zero-order valence-corrected chi connectivity index (χ0v) is 15.5. The van der Waals surface area contributed by atoms with Crippen molar-refractivity contribution in [1.29, 1.82) is 0 Å². The molecule has 2 atom stereocenters. The second kappa shape index (κ2) is 7.49. The number of rotatable bonds is 5. The molecular weight excluding hydrogens is 316 g/mol. The van der Waals surface area contributed by atoms with Gasteiger partial charge in [0, 0.05) is 24.0 Å². The van der Waals surface area contributed by atoms with E-state index in [1.807, 2.05) is 22.9 Å². The van der Waals surface area contributed by atoms with Crippen LogP contribution in [0.2, 0.25) is 0 Å². The predicted molar refractivity (Wildman–Crippen MR) is 101 cm³/mol. The molecule has 24 heavy (non-hydrogen) atoms. The number of carbonyl (C=O) groups is 1. The van der Waals surface area contributed by atoms with E-state index in [2.05, 4.69) is 55.0 Å². The second-order valence-corrected chi connectivity index (χ2v) is 7.66. The van der Waals surface area contributed by atoms with Crippen LogP contribution in [-0.2, 0) is 6.42 Å². The Hall–Kier alpha value is -1.65. The van der Waals surface area contributed by atoms with Gasteiger partial charge in [0.25, 0.3) is 5.91 Å². The van der Waals surface area contributed by atoms with Crippen LogP contribution in [0, 0.1) is 0 Å². The van der Waals surface area contributed by atoms with Crippen LogP contribution in [0.3, 0.4) is 0 Å². The number of benzene rings is 1. The van der Waals surface area contributed by atoms with Gasteiger partial charge in [-0.15, -0.1) is 0 Å². The molecule has 1 aliphatic heterocycles. The van der Waals surface area contributed by atoms with Crippen molar-refractivity contribution >= 4 is 17.2 Å². The summed E-state index contributed by atoms with van der Waals surface area (Å²) in [4.78, 5) is 17.5. The van der Waals surface area contributed by atoms with E-state index in [9.17, 15) is 4.79 Å². The molecule has 3 rings (SSSR count). The third kappa shape index (κ3) is 3.55. The molecule has 1 aromatic heterocycles. The second-order valence-electron chi connectivity index (χ2n) is 6.88. The van der Waals surface area contributed by atoms with E-state index in [1.54, 1.807) is 11.3 Å². The van der Waals surface area contributed by atoms with Crippen molar-refractivity contribution in [3.63, 3.8) is 0 Å². The number of carbonyl (C=O) groups excluding carboxylic acids is 1. The summed E-state index contributed by atoms with van der Waals surface area (Å²) in [6.07, 6.45) is 1.96. The topological polar surface area (TPSA) is 23.6 Å². The quantitative estimate of drug-likeness (QED) is 0.822. The van der Waals surface area contributed by atoms with Crippen molar-refractivity contribution in [2.24, 2.45) is 0 Å². The Kier molecular flexibility index (Phi) is 5.36. The van der Waals surface area contributed by atoms with Crippen molar-refractivity contribution in [2.75, 3.05) is 13.6 Å². The molecule has 0 saturated carbocycles. The molecule has 0 aliphatic carbocycles. The lowest BCUT2D eigenvalue weighted by Gasteiger charge is -2.35. The molecule has 0 unspecified atom stereocenters. The van der Waals surface area contributed by atoms with Gasteiger partial charge < -0.3 is 4.90 Å². The Balaban J connectivity index is 1.86. The van der Waals surface area contributed by atoms with Crippen molar-refractivity contribution in [3.8, 4) is 0 Å². The van der Waals surface area contributed by atoms with Crippen molar-refractivity contribution in [2.45, 2.75) is 44.8 Å². The van der Waals surface area contributed by atoms with E-state index in [1.165, 1.54) is 5.56 Å². The van der Waals surface area contributed by atoms with Gasteiger partial charge in [0.05, 0.1) is 11.6 Å². The highest BCUT2D eigenvalue weighted by atomic mass is 32.1. The molecule has 0 N–H and O–H groups in total.